The van der Waals surface area contributed by atoms with Gasteiger partial charge < -0.3 is 29.1 Å². The van der Waals surface area contributed by atoms with Crippen molar-refractivity contribution in [2.24, 2.45) is 0 Å². The molecule has 0 aromatic heterocycles. The van der Waals surface area contributed by atoms with Crippen molar-refractivity contribution in [1.82, 2.24) is 9.80 Å². The molecular weight excluding hydrogens is 532 g/mol. The first-order chi connectivity index (χ1) is 20.4. The first kappa shape index (κ1) is 29.5. The van der Waals surface area contributed by atoms with Crippen LogP contribution in [0.5, 0.6) is 17.2 Å². The Hall–Kier alpha value is -4.04. The van der Waals surface area contributed by atoms with Crippen LogP contribution < -0.4 is 14.2 Å². The van der Waals surface area contributed by atoms with Gasteiger partial charge in [0.15, 0.2) is 11.5 Å². The first-order valence-corrected chi connectivity index (χ1v) is 14.5. The van der Waals surface area contributed by atoms with Crippen LogP contribution in [0.4, 0.5) is 0 Å². The van der Waals surface area contributed by atoms with Crippen molar-refractivity contribution in [1.29, 1.82) is 0 Å². The van der Waals surface area contributed by atoms with Gasteiger partial charge in [-0.1, -0.05) is 60.7 Å². The summed E-state index contributed by atoms with van der Waals surface area (Å²) in [5.74, 6) is 0.542. The number of aliphatic carboxylic acids is 1. The van der Waals surface area contributed by atoms with Gasteiger partial charge in [0.1, 0.15) is 0 Å². The van der Waals surface area contributed by atoms with Gasteiger partial charge in [-0.05, 0) is 68.6 Å². The van der Waals surface area contributed by atoms with Gasteiger partial charge >= 0.3 is 5.97 Å². The smallest absolute Gasteiger partial charge is 0.314 e. The van der Waals surface area contributed by atoms with E-state index in [-0.39, 0.29) is 11.3 Å². The van der Waals surface area contributed by atoms with E-state index in [1.807, 2.05) is 41.3 Å². The third-order valence-corrected chi connectivity index (χ3v) is 9.29. The number of amides is 1. The van der Waals surface area contributed by atoms with Crippen LogP contribution in [0, 0.1) is 0 Å². The van der Waals surface area contributed by atoms with Crippen LogP contribution in [0.2, 0.25) is 0 Å². The van der Waals surface area contributed by atoms with Crippen LogP contribution in [-0.4, -0.2) is 80.8 Å². The lowest BCUT2D eigenvalue weighted by Crippen LogP contribution is -2.48. The number of rotatable bonds is 10. The van der Waals surface area contributed by atoms with E-state index in [9.17, 15) is 14.7 Å². The van der Waals surface area contributed by atoms with E-state index >= 15 is 0 Å². The molecular formula is C34H40N2O6. The summed E-state index contributed by atoms with van der Waals surface area (Å²) in [5.41, 5.74) is 1.57. The summed E-state index contributed by atoms with van der Waals surface area (Å²) in [7, 11) is 4.63. The van der Waals surface area contributed by atoms with Crippen molar-refractivity contribution in [3.8, 4) is 17.2 Å². The number of carbonyl (C=O) groups is 2. The highest BCUT2D eigenvalue weighted by molar-refractivity contribution is 5.96. The Kier molecular flexibility index (Phi) is 8.73. The Morgan fingerprint density at radius 3 is 1.88 bits per heavy atom. The number of likely N-dealkylation sites (tertiary alicyclic amines) is 2. The number of piperidine rings is 1. The fraction of sp³-hybridized carbons (Fsp3) is 0.412. The SMILES string of the molecule is COc1cc(C(=O)N2CCC(CCN3CCC(C(=O)O)(c4ccccc4)CC3)(c3ccccc3)C2)cc(OC)c1OC. The minimum absolute atomic E-state index is 0.0702. The number of benzene rings is 3. The summed E-state index contributed by atoms with van der Waals surface area (Å²) < 4.78 is 16.4. The van der Waals surface area contributed by atoms with Crippen molar-refractivity contribution in [2.45, 2.75) is 36.5 Å². The standard InChI is InChI=1S/C34H40N2O6/c1-40-28-22-25(23-29(41-2)30(28)42-3)31(37)36-21-15-33(24-36,26-10-6-4-7-11-26)14-18-35-19-16-34(17-20-35,32(38)39)27-12-8-5-9-13-27/h4-13,22-23H,14-21,24H2,1-3H3,(H,38,39). The van der Waals surface area contributed by atoms with Gasteiger partial charge in [-0.15, -0.1) is 0 Å². The monoisotopic (exact) mass is 572 g/mol. The third kappa shape index (κ3) is 5.55. The fourth-order valence-corrected chi connectivity index (χ4v) is 6.72. The highest BCUT2D eigenvalue weighted by Crippen LogP contribution is 2.42. The van der Waals surface area contributed by atoms with E-state index in [0.29, 0.717) is 48.7 Å². The van der Waals surface area contributed by atoms with Crippen molar-refractivity contribution < 1.29 is 28.9 Å². The number of carboxylic acids is 1. The van der Waals surface area contributed by atoms with Crippen molar-refractivity contribution in [3.63, 3.8) is 0 Å². The molecule has 2 aliphatic rings. The van der Waals surface area contributed by atoms with E-state index in [0.717, 1.165) is 38.0 Å². The van der Waals surface area contributed by atoms with Crippen molar-refractivity contribution in [2.75, 3.05) is 54.1 Å². The Morgan fingerprint density at radius 1 is 0.786 bits per heavy atom. The second-order valence-corrected chi connectivity index (χ2v) is 11.4. The number of hydrogen-bond donors (Lipinski definition) is 1. The molecule has 0 radical (unpaired) electrons. The van der Waals surface area contributed by atoms with E-state index in [4.69, 9.17) is 14.2 Å². The van der Waals surface area contributed by atoms with Crippen LogP contribution in [0.15, 0.2) is 72.8 Å². The lowest BCUT2D eigenvalue weighted by molar-refractivity contribution is -0.146. The molecule has 0 bridgehead atoms. The topological polar surface area (TPSA) is 88.5 Å². The zero-order chi connectivity index (χ0) is 29.7. The minimum atomic E-state index is -0.841. The zero-order valence-corrected chi connectivity index (χ0v) is 24.7. The van der Waals surface area contributed by atoms with Gasteiger partial charge in [0.25, 0.3) is 5.91 Å². The van der Waals surface area contributed by atoms with Gasteiger partial charge in [-0.25, -0.2) is 0 Å². The normalized spacial score (nSPS) is 20.2. The van der Waals surface area contributed by atoms with Gasteiger partial charge in [0.05, 0.1) is 26.7 Å². The average molecular weight is 573 g/mol. The highest BCUT2D eigenvalue weighted by Gasteiger charge is 2.45. The van der Waals surface area contributed by atoms with Gasteiger partial charge in [0.2, 0.25) is 5.75 Å². The molecule has 1 unspecified atom stereocenters. The molecule has 222 valence electrons. The summed E-state index contributed by atoms with van der Waals surface area (Å²) in [5, 5.41) is 10.2. The molecule has 1 amide bonds. The Morgan fingerprint density at radius 2 is 1.36 bits per heavy atom. The van der Waals surface area contributed by atoms with Crippen LogP contribution in [0.1, 0.15) is 47.2 Å². The van der Waals surface area contributed by atoms with Crippen molar-refractivity contribution in [3.05, 3.63) is 89.5 Å². The number of carbonyl (C=O) groups excluding carboxylic acids is 1. The molecule has 2 aliphatic heterocycles. The molecule has 42 heavy (non-hydrogen) atoms. The van der Waals surface area contributed by atoms with Gasteiger partial charge in [-0.3, -0.25) is 9.59 Å². The molecule has 8 nitrogen and oxygen atoms in total. The summed E-state index contributed by atoms with van der Waals surface area (Å²) in [4.78, 5) is 30.5. The number of hydrogen-bond acceptors (Lipinski definition) is 6. The van der Waals surface area contributed by atoms with E-state index in [2.05, 4.69) is 29.2 Å². The van der Waals surface area contributed by atoms with Crippen molar-refractivity contribution >= 4 is 11.9 Å². The third-order valence-electron chi connectivity index (χ3n) is 9.29. The number of methoxy groups -OCH3 is 3. The Labute approximate surface area is 247 Å². The molecule has 3 aromatic carbocycles. The molecule has 1 atom stereocenters. The maximum Gasteiger partial charge on any atom is 0.314 e. The predicted octanol–water partition coefficient (Wildman–Crippen LogP) is 5.00. The van der Waals surface area contributed by atoms with Crippen LogP contribution in [-0.2, 0) is 15.6 Å². The molecule has 0 saturated carbocycles. The quantitative estimate of drug-likeness (QED) is 0.366. The number of nitrogens with zero attached hydrogens (tertiary/aromatic N) is 2. The molecule has 8 heteroatoms. The van der Waals surface area contributed by atoms with Gasteiger partial charge in [-0.2, -0.15) is 0 Å². The molecule has 0 aliphatic carbocycles. The maximum absolute atomic E-state index is 13.8. The lowest BCUT2D eigenvalue weighted by atomic mass is 9.72. The fourth-order valence-electron chi connectivity index (χ4n) is 6.72. The highest BCUT2D eigenvalue weighted by atomic mass is 16.5. The Balaban J connectivity index is 1.32. The van der Waals surface area contributed by atoms with Gasteiger partial charge in [0, 0.05) is 24.1 Å². The molecule has 2 saturated heterocycles. The summed E-state index contributed by atoms with van der Waals surface area (Å²) in [6, 6.07) is 23.5. The van der Waals surface area contributed by atoms with E-state index in [1.54, 1.807) is 33.5 Å². The lowest BCUT2D eigenvalue weighted by Gasteiger charge is -2.40. The zero-order valence-electron chi connectivity index (χ0n) is 24.7. The van der Waals surface area contributed by atoms with E-state index in [1.165, 1.54) is 5.56 Å². The predicted molar refractivity (Wildman–Crippen MR) is 161 cm³/mol. The molecule has 3 aromatic rings. The largest absolute Gasteiger partial charge is 0.493 e. The molecule has 2 fully saturated rings. The first-order valence-electron chi connectivity index (χ1n) is 14.5. The van der Waals surface area contributed by atoms with E-state index < -0.39 is 11.4 Å². The number of carboxylic acid groups (broad SMARTS) is 1. The average Bonchev–Trinajstić information content (AvgIpc) is 3.49. The van der Waals surface area contributed by atoms with Crippen LogP contribution in [0.3, 0.4) is 0 Å². The molecule has 5 rings (SSSR count). The maximum atomic E-state index is 13.8. The Bertz CT molecular complexity index is 1360. The second kappa shape index (κ2) is 12.4. The summed E-state index contributed by atoms with van der Waals surface area (Å²) in [6.45, 7) is 3.52. The molecule has 2 heterocycles. The number of ether oxygens (including phenoxy) is 3. The van der Waals surface area contributed by atoms with Crippen LogP contribution >= 0.6 is 0 Å². The summed E-state index contributed by atoms with van der Waals surface area (Å²) >= 11 is 0. The molecule has 1 N–H and O–H groups in total. The minimum Gasteiger partial charge on any atom is -0.493 e. The second-order valence-electron chi connectivity index (χ2n) is 11.4. The summed E-state index contributed by atoms with van der Waals surface area (Å²) in [6.07, 6.45) is 2.89. The van der Waals surface area contributed by atoms with Crippen LogP contribution in [0.25, 0.3) is 0 Å². The molecule has 0 spiro atoms.